The lowest BCUT2D eigenvalue weighted by molar-refractivity contribution is 0.340. The molecule has 1 aromatic carbocycles. The van der Waals surface area contributed by atoms with Crippen LogP contribution in [-0.2, 0) is 9.68 Å². The van der Waals surface area contributed by atoms with Crippen LogP contribution in [0.4, 0.5) is 11.4 Å². The average Bonchev–Trinajstić information content (AvgIpc) is 2.32. The van der Waals surface area contributed by atoms with Gasteiger partial charge in [0.1, 0.15) is 0 Å². The highest BCUT2D eigenvalue weighted by atomic mass is 32.1. The standard InChI is InChI=1S/C10H10N4O2S2/c1-11-15-9(17)13-7-5-3-4-6-8(7)14-10(18)16-12-2/h3-6H,1-2H2,(H,13,17)(H,14,18). The predicted molar refractivity (Wildman–Crippen MR) is 80.2 cm³/mol. The van der Waals surface area contributed by atoms with E-state index in [1.54, 1.807) is 12.1 Å². The summed E-state index contributed by atoms with van der Waals surface area (Å²) in [5.41, 5.74) is 1.28. The summed E-state index contributed by atoms with van der Waals surface area (Å²) in [4.78, 5) is 9.33. The van der Waals surface area contributed by atoms with Gasteiger partial charge in [0.15, 0.2) is 0 Å². The maximum Gasteiger partial charge on any atom is 0.293 e. The van der Waals surface area contributed by atoms with E-state index < -0.39 is 0 Å². The third-order valence-corrected chi connectivity index (χ3v) is 2.05. The summed E-state index contributed by atoms with van der Waals surface area (Å²) in [5, 5.41) is 12.2. The lowest BCUT2D eigenvalue weighted by Crippen LogP contribution is -2.15. The van der Waals surface area contributed by atoms with E-state index in [0.29, 0.717) is 11.4 Å². The summed E-state index contributed by atoms with van der Waals surface area (Å²) >= 11 is 9.74. The third-order valence-electron chi connectivity index (χ3n) is 1.70. The highest BCUT2D eigenvalue weighted by Gasteiger charge is 2.06. The first-order valence-electron chi connectivity index (χ1n) is 4.64. The van der Waals surface area contributed by atoms with E-state index in [2.05, 4.69) is 44.1 Å². The van der Waals surface area contributed by atoms with Crippen molar-refractivity contribution < 1.29 is 9.68 Å². The van der Waals surface area contributed by atoms with Crippen molar-refractivity contribution in [2.75, 3.05) is 10.6 Å². The van der Waals surface area contributed by atoms with Gasteiger partial charge in [0, 0.05) is 13.4 Å². The normalized spacial score (nSPS) is 8.89. The van der Waals surface area contributed by atoms with Crippen molar-refractivity contribution in [2.24, 2.45) is 10.3 Å². The van der Waals surface area contributed by atoms with Crippen LogP contribution in [0.1, 0.15) is 0 Å². The van der Waals surface area contributed by atoms with Gasteiger partial charge in [-0.15, -0.1) is 0 Å². The van der Waals surface area contributed by atoms with Crippen LogP contribution >= 0.6 is 24.4 Å². The van der Waals surface area contributed by atoms with Gasteiger partial charge in [-0.05, 0) is 36.6 Å². The van der Waals surface area contributed by atoms with Crippen LogP contribution in [0.3, 0.4) is 0 Å². The van der Waals surface area contributed by atoms with Gasteiger partial charge in [0.05, 0.1) is 11.4 Å². The van der Waals surface area contributed by atoms with Crippen LogP contribution in [0.15, 0.2) is 34.6 Å². The summed E-state index contributed by atoms with van der Waals surface area (Å²) in [6.07, 6.45) is 0. The highest BCUT2D eigenvalue weighted by molar-refractivity contribution is 7.80. The second-order valence-electron chi connectivity index (χ2n) is 2.81. The third kappa shape index (κ3) is 4.44. The van der Waals surface area contributed by atoms with Crippen LogP contribution in [0.25, 0.3) is 0 Å². The van der Waals surface area contributed by atoms with E-state index >= 15 is 0 Å². The minimum Gasteiger partial charge on any atom is -0.327 e. The van der Waals surface area contributed by atoms with Gasteiger partial charge in [0.25, 0.3) is 10.3 Å². The van der Waals surface area contributed by atoms with Crippen LogP contribution in [-0.4, -0.2) is 23.8 Å². The minimum absolute atomic E-state index is 0.0629. The zero-order valence-corrected chi connectivity index (χ0v) is 10.9. The molecule has 6 nitrogen and oxygen atoms in total. The van der Waals surface area contributed by atoms with Crippen molar-refractivity contribution >= 4 is 59.6 Å². The predicted octanol–water partition coefficient (Wildman–Crippen LogP) is 2.34. The molecule has 0 bridgehead atoms. The number of anilines is 2. The molecule has 0 unspecified atom stereocenters. The van der Waals surface area contributed by atoms with E-state index in [9.17, 15) is 0 Å². The fourth-order valence-electron chi connectivity index (χ4n) is 1.08. The molecule has 0 saturated carbocycles. The van der Waals surface area contributed by atoms with Gasteiger partial charge < -0.3 is 20.3 Å². The summed E-state index contributed by atoms with van der Waals surface area (Å²) in [5.74, 6) is 0. The second kappa shape index (κ2) is 7.30. The van der Waals surface area contributed by atoms with Crippen LogP contribution in [0, 0.1) is 0 Å². The smallest absolute Gasteiger partial charge is 0.293 e. The molecular weight excluding hydrogens is 272 g/mol. The molecule has 18 heavy (non-hydrogen) atoms. The van der Waals surface area contributed by atoms with Crippen LogP contribution in [0.2, 0.25) is 0 Å². The molecule has 2 N–H and O–H groups in total. The van der Waals surface area contributed by atoms with Gasteiger partial charge in [0.2, 0.25) is 0 Å². The molecule has 0 aromatic heterocycles. The lowest BCUT2D eigenvalue weighted by Gasteiger charge is -2.12. The Labute approximate surface area is 115 Å². The van der Waals surface area contributed by atoms with E-state index in [-0.39, 0.29) is 10.3 Å². The average molecular weight is 282 g/mol. The molecule has 0 atom stereocenters. The number of oxime groups is 2. The first kappa shape index (κ1) is 14.0. The summed E-state index contributed by atoms with van der Waals surface area (Å²) < 4.78 is 0. The van der Waals surface area contributed by atoms with Crippen molar-refractivity contribution in [3.8, 4) is 0 Å². The maximum atomic E-state index is 4.87. The number of thiocarbonyl (C=S) groups is 2. The number of benzene rings is 1. The van der Waals surface area contributed by atoms with Crippen molar-refractivity contribution in [3.63, 3.8) is 0 Å². The molecule has 0 aliphatic heterocycles. The number of rotatable bonds is 4. The molecule has 1 rings (SSSR count). The quantitative estimate of drug-likeness (QED) is 0.502. The maximum absolute atomic E-state index is 4.87. The molecule has 94 valence electrons. The Morgan fingerprint density at radius 1 is 0.944 bits per heavy atom. The molecular formula is C10H10N4O2S2. The molecule has 0 amide bonds. The SMILES string of the molecule is C=NOC(=S)Nc1ccccc1NC(=S)ON=C. The van der Waals surface area contributed by atoms with E-state index in [4.69, 9.17) is 24.4 Å². The molecule has 0 fully saturated rings. The topological polar surface area (TPSA) is 67.2 Å². The molecule has 0 aliphatic rings. The number of nitrogens with zero attached hydrogens (tertiary/aromatic N) is 2. The molecule has 0 heterocycles. The van der Waals surface area contributed by atoms with Crippen LogP contribution < -0.4 is 10.6 Å². The number of hydrogen-bond donors (Lipinski definition) is 2. The van der Waals surface area contributed by atoms with Gasteiger partial charge in [-0.1, -0.05) is 22.4 Å². The Hall–Kier alpha value is -2.06. The Balaban J connectivity index is 2.78. The summed E-state index contributed by atoms with van der Waals surface area (Å²) in [6, 6.07) is 7.16. The molecule has 0 saturated heterocycles. The Morgan fingerprint density at radius 2 is 1.33 bits per heavy atom. The number of hydrogen-bond acceptors (Lipinski definition) is 6. The molecule has 0 radical (unpaired) electrons. The monoisotopic (exact) mass is 282 g/mol. The molecule has 1 aromatic rings. The summed E-state index contributed by atoms with van der Waals surface area (Å²) in [6.45, 7) is 6.32. The van der Waals surface area contributed by atoms with Crippen molar-refractivity contribution in [1.29, 1.82) is 0 Å². The lowest BCUT2D eigenvalue weighted by atomic mass is 10.2. The van der Waals surface area contributed by atoms with Gasteiger partial charge in [-0.3, -0.25) is 0 Å². The molecule has 8 heteroatoms. The van der Waals surface area contributed by atoms with E-state index in [1.165, 1.54) is 0 Å². The number of para-hydroxylation sites is 2. The minimum atomic E-state index is 0.0629. The Kier molecular flexibility index (Phi) is 5.68. The fourth-order valence-corrected chi connectivity index (χ4v) is 1.41. The second-order valence-corrected chi connectivity index (χ2v) is 3.55. The first-order chi connectivity index (χ1) is 8.67. The Morgan fingerprint density at radius 3 is 1.67 bits per heavy atom. The van der Waals surface area contributed by atoms with E-state index in [0.717, 1.165) is 0 Å². The van der Waals surface area contributed by atoms with Crippen molar-refractivity contribution in [1.82, 2.24) is 0 Å². The fraction of sp³-hybridized carbons (Fsp3) is 0. The van der Waals surface area contributed by atoms with E-state index in [1.807, 2.05) is 12.1 Å². The zero-order chi connectivity index (χ0) is 13.4. The molecule has 0 aliphatic carbocycles. The zero-order valence-electron chi connectivity index (χ0n) is 9.25. The Bertz CT molecular complexity index is 436. The highest BCUT2D eigenvalue weighted by Crippen LogP contribution is 2.21. The molecule has 0 spiro atoms. The van der Waals surface area contributed by atoms with Crippen molar-refractivity contribution in [2.45, 2.75) is 0 Å². The van der Waals surface area contributed by atoms with Crippen LogP contribution in [0.5, 0.6) is 0 Å². The van der Waals surface area contributed by atoms with Gasteiger partial charge >= 0.3 is 0 Å². The summed E-state index contributed by atoms with van der Waals surface area (Å²) in [7, 11) is 0. The van der Waals surface area contributed by atoms with Crippen molar-refractivity contribution in [3.05, 3.63) is 24.3 Å². The number of nitrogens with one attached hydrogen (secondary N) is 2. The van der Waals surface area contributed by atoms with Gasteiger partial charge in [-0.2, -0.15) is 0 Å². The van der Waals surface area contributed by atoms with Gasteiger partial charge in [-0.25, -0.2) is 0 Å². The first-order valence-corrected chi connectivity index (χ1v) is 5.46. The largest absolute Gasteiger partial charge is 0.327 e.